The molecule has 4 heteroatoms. The summed E-state index contributed by atoms with van der Waals surface area (Å²) >= 11 is 0. The molecule has 2 rings (SSSR count). The number of likely N-dealkylation sites (tertiary alicyclic amines) is 1. The summed E-state index contributed by atoms with van der Waals surface area (Å²) in [6.07, 6.45) is 6.68. The van der Waals surface area contributed by atoms with E-state index in [1.165, 1.54) is 6.42 Å². The highest BCUT2D eigenvalue weighted by molar-refractivity contribution is 5.77. The first-order valence-corrected chi connectivity index (χ1v) is 7.20. The summed E-state index contributed by atoms with van der Waals surface area (Å²) < 4.78 is 4.98. The summed E-state index contributed by atoms with van der Waals surface area (Å²) in [6, 6.07) is 0.268. The van der Waals surface area contributed by atoms with Crippen molar-refractivity contribution in [3.63, 3.8) is 0 Å². The van der Waals surface area contributed by atoms with Gasteiger partial charge in [-0.2, -0.15) is 0 Å². The van der Waals surface area contributed by atoms with E-state index in [-0.39, 0.29) is 18.1 Å². The summed E-state index contributed by atoms with van der Waals surface area (Å²) in [7, 11) is 1.62. The van der Waals surface area contributed by atoms with Crippen LogP contribution in [0.4, 0.5) is 0 Å². The lowest BCUT2D eigenvalue weighted by Gasteiger charge is -2.37. The van der Waals surface area contributed by atoms with Crippen LogP contribution in [-0.4, -0.2) is 48.3 Å². The molecule has 1 N–H and O–H groups in total. The molecule has 2 aliphatic rings. The number of nitrogens with zero attached hydrogens (tertiary/aromatic N) is 1. The Labute approximate surface area is 109 Å². The van der Waals surface area contributed by atoms with Crippen molar-refractivity contribution in [2.75, 3.05) is 20.3 Å². The zero-order valence-electron chi connectivity index (χ0n) is 11.3. The molecule has 1 aliphatic heterocycles. The summed E-state index contributed by atoms with van der Waals surface area (Å²) in [5.74, 6) is 0.491. The fourth-order valence-corrected chi connectivity index (χ4v) is 3.47. The largest absolute Gasteiger partial charge is 0.393 e. The standard InChI is InChI=1S/C14H25NO3/c1-18-10-8-14(17)15-9-4-6-12(15)11-5-2-3-7-13(11)16/h11-13,16H,2-10H2,1H3/t11-,12-,13+/m1/s1. The van der Waals surface area contributed by atoms with E-state index in [1.807, 2.05) is 4.90 Å². The van der Waals surface area contributed by atoms with Gasteiger partial charge < -0.3 is 14.7 Å². The number of amides is 1. The van der Waals surface area contributed by atoms with Crippen LogP contribution in [0.15, 0.2) is 0 Å². The zero-order chi connectivity index (χ0) is 13.0. The van der Waals surface area contributed by atoms with Gasteiger partial charge in [-0.05, 0) is 25.7 Å². The predicted octanol–water partition coefficient (Wildman–Crippen LogP) is 1.56. The Bertz CT molecular complexity index is 282. The topological polar surface area (TPSA) is 49.8 Å². The van der Waals surface area contributed by atoms with Crippen molar-refractivity contribution < 1.29 is 14.6 Å². The van der Waals surface area contributed by atoms with Crippen LogP contribution in [0.2, 0.25) is 0 Å². The number of aliphatic hydroxyl groups excluding tert-OH is 1. The van der Waals surface area contributed by atoms with Gasteiger partial charge in [0.1, 0.15) is 0 Å². The van der Waals surface area contributed by atoms with Crippen molar-refractivity contribution in [2.24, 2.45) is 5.92 Å². The number of aliphatic hydroxyl groups is 1. The summed E-state index contributed by atoms with van der Waals surface area (Å²) in [5, 5.41) is 10.1. The molecular formula is C14H25NO3. The highest BCUT2D eigenvalue weighted by atomic mass is 16.5. The number of rotatable bonds is 4. The van der Waals surface area contributed by atoms with Gasteiger partial charge in [0, 0.05) is 25.6 Å². The molecule has 1 aliphatic carbocycles. The maximum absolute atomic E-state index is 12.1. The van der Waals surface area contributed by atoms with Crippen molar-refractivity contribution >= 4 is 5.91 Å². The van der Waals surface area contributed by atoms with Gasteiger partial charge in [-0.1, -0.05) is 12.8 Å². The molecule has 0 spiro atoms. The van der Waals surface area contributed by atoms with Crippen molar-refractivity contribution in [1.82, 2.24) is 4.90 Å². The fraction of sp³-hybridized carbons (Fsp3) is 0.929. The molecule has 0 aromatic heterocycles. The molecule has 0 bridgehead atoms. The smallest absolute Gasteiger partial charge is 0.225 e. The quantitative estimate of drug-likeness (QED) is 0.829. The second-order valence-corrected chi connectivity index (χ2v) is 5.56. The van der Waals surface area contributed by atoms with Crippen LogP contribution in [-0.2, 0) is 9.53 Å². The molecule has 2 fully saturated rings. The Morgan fingerprint density at radius 2 is 2.06 bits per heavy atom. The first-order chi connectivity index (χ1) is 8.74. The Hall–Kier alpha value is -0.610. The molecule has 3 atom stereocenters. The summed E-state index contributed by atoms with van der Waals surface area (Å²) in [4.78, 5) is 14.1. The van der Waals surface area contributed by atoms with Crippen LogP contribution in [0, 0.1) is 5.92 Å². The first kappa shape index (κ1) is 13.8. The molecule has 0 unspecified atom stereocenters. The van der Waals surface area contributed by atoms with E-state index >= 15 is 0 Å². The minimum Gasteiger partial charge on any atom is -0.393 e. The van der Waals surface area contributed by atoms with Crippen LogP contribution < -0.4 is 0 Å². The zero-order valence-corrected chi connectivity index (χ0v) is 11.3. The number of hydrogen-bond donors (Lipinski definition) is 1. The maximum atomic E-state index is 12.1. The molecule has 1 heterocycles. The third-order valence-corrected chi connectivity index (χ3v) is 4.42. The summed E-state index contributed by atoms with van der Waals surface area (Å²) in [5.41, 5.74) is 0. The van der Waals surface area contributed by atoms with E-state index < -0.39 is 0 Å². The molecule has 0 aromatic rings. The lowest BCUT2D eigenvalue weighted by Crippen LogP contribution is -2.45. The monoisotopic (exact) mass is 255 g/mol. The van der Waals surface area contributed by atoms with Gasteiger partial charge >= 0.3 is 0 Å². The van der Waals surface area contributed by atoms with Gasteiger partial charge in [0.15, 0.2) is 0 Å². The molecule has 1 saturated carbocycles. The fourth-order valence-electron chi connectivity index (χ4n) is 3.47. The Morgan fingerprint density at radius 1 is 1.28 bits per heavy atom. The van der Waals surface area contributed by atoms with Gasteiger partial charge in [0.25, 0.3) is 0 Å². The highest BCUT2D eigenvalue weighted by Gasteiger charge is 2.38. The van der Waals surface area contributed by atoms with Crippen molar-refractivity contribution in [2.45, 2.75) is 57.1 Å². The molecule has 0 aromatic carbocycles. The number of carbonyl (C=O) groups is 1. The van der Waals surface area contributed by atoms with Crippen molar-refractivity contribution in [3.05, 3.63) is 0 Å². The minimum atomic E-state index is -0.209. The molecule has 4 nitrogen and oxygen atoms in total. The number of ether oxygens (including phenoxy) is 1. The third kappa shape index (κ3) is 3.04. The van der Waals surface area contributed by atoms with Gasteiger partial charge in [0.2, 0.25) is 5.91 Å². The van der Waals surface area contributed by atoms with Crippen molar-refractivity contribution in [3.8, 4) is 0 Å². The molecule has 18 heavy (non-hydrogen) atoms. The third-order valence-electron chi connectivity index (χ3n) is 4.42. The van der Waals surface area contributed by atoms with Crippen molar-refractivity contribution in [1.29, 1.82) is 0 Å². The van der Waals surface area contributed by atoms with E-state index in [9.17, 15) is 9.90 Å². The second-order valence-electron chi connectivity index (χ2n) is 5.56. The van der Waals surface area contributed by atoms with Gasteiger partial charge in [0.05, 0.1) is 19.1 Å². The number of hydrogen-bond acceptors (Lipinski definition) is 3. The molecule has 0 radical (unpaired) electrons. The average Bonchev–Trinajstić information content (AvgIpc) is 2.85. The Balaban J connectivity index is 1.95. The lowest BCUT2D eigenvalue weighted by molar-refractivity contribution is -0.135. The number of carbonyl (C=O) groups excluding carboxylic acids is 1. The molecule has 104 valence electrons. The van der Waals surface area contributed by atoms with E-state index in [0.717, 1.165) is 38.6 Å². The molecule has 1 amide bonds. The van der Waals surface area contributed by atoms with Crippen LogP contribution in [0.1, 0.15) is 44.9 Å². The SMILES string of the molecule is COCCC(=O)N1CCC[C@@H]1[C@H]1CCCC[C@@H]1O. The van der Waals surface area contributed by atoms with Gasteiger partial charge in [-0.15, -0.1) is 0 Å². The van der Waals surface area contributed by atoms with Crippen LogP contribution in [0.5, 0.6) is 0 Å². The lowest BCUT2D eigenvalue weighted by atomic mass is 9.80. The predicted molar refractivity (Wildman–Crippen MR) is 69.2 cm³/mol. The Kier molecular flexibility index (Phi) is 5.01. The normalized spacial score (nSPS) is 32.8. The van der Waals surface area contributed by atoms with Crippen LogP contribution in [0.25, 0.3) is 0 Å². The first-order valence-electron chi connectivity index (χ1n) is 7.20. The van der Waals surface area contributed by atoms with E-state index in [0.29, 0.717) is 18.9 Å². The second kappa shape index (κ2) is 6.53. The average molecular weight is 255 g/mol. The van der Waals surface area contributed by atoms with Gasteiger partial charge in [-0.3, -0.25) is 4.79 Å². The van der Waals surface area contributed by atoms with Gasteiger partial charge in [-0.25, -0.2) is 0 Å². The Morgan fingerprint density at radius 3 is 2.78 bits per heavy atom. The maximum Gasteiger partial charge on any atom is 0.225 e. The molecule has 1 saturated heterocycles. The summed E-state index contributed by atoms with van der Waals surface area (Å²) in [6.45, 7) is 1.35. The van der Waals surface area contributed by atoms with Crippen LogP contribution >= 0.6 is 0 Å². The van der Waals surface area contributed by atoms with E-state index in [2.05, 4.69) is 0 Å². The van der Waals surface area contributed by atoms with E-state index in [1.54, 1.807) is 7.11 Å². The van der Waals surface area contributed by atoms with E-state index in [4.69, 9.17) is 4.74 Å². The minimum absolute atomic E-state index is 0.192. The highest BCUT2D eigenvalue weighted by Crippen LogP contribution is 2.34. The molecular weight excluding hydrogens is 230 g/mol. The number of methoxy groups -OCH3 is 1. The van der Waals surface area contributed by atoms with Crippen LogP contribution in [0.3, 0.4) is 0 Å².